The van der Waals surface area contributed by atoms with E-state index in [1.807, 2.05) is 44.4 Å². The second-order valence-corrected chi connectivity index (χ2v) is 8.00. The summed E-state index contributed by atoms with van der Waals surface area (Å²) in [6.45, 7) is 2.93. The van der Waals surface area contributed by atoms with Gasteiger partial charge in [0, 0.05) is 23.2 Å². The Morgan fingerprint density at radius 1 is 1.00 bits per heavy atom. The molecule has 1 aliphatic rings. The molecule has 0 radical (unpaired) electrons. The van der Waals surface area contributed by atoms with Crippen molar-refractivity contribution in [2.75, 3.05) is 33.5 Å². The summed E-state index contributed by atoms with van der Waals surface area (Å²) in [5, 5.41) is 0. The summed E-state index contributed by atoms with van der Waals surface area (Å²) in [6.07, 6.45) is 1.90. The number of hydrogen-bond acceptors (Lipinski definition) is 6. The topological polar surface area (TPSA) is 73.5 Å². The number of nitrogens with zero attached hydrogens (tertiary/aromatic N) is 3. The number of fused-ring (bicyclic) bond motifs is 3. The monoisotopic (exact) mass is 404 g/mol. The van der Waals surface area contributed by atoms with Crippen LogP contribution in [0.15, 0.2) is 42.5 Å². The van der Waals surface area contributed by atoms with E-state index >= 15 is 0 Å². The van der Waals surface area contributed by atoms with Crippen LogP contribution in [0.5, 0.6) is 11.5 Å². The van der Waals surface area contributed by atoms with Crippen LogP contribution < -0.4 is 15.2 Å². The molecule has 30 heavy (non-hydrogen) atoms. The maximum absolute atomic E-state index is 6.10. The number of aromatic nitrogens is 2. The Kier molecular flexibility index (Phi) is 5.59. The number of methoxy groups -OCH3 is 1. The van der Waals surface area contributed by atoms with Crippen molar-refractivity contribution in [3.8, 4) is 34.0 Å². The van der Waals surface area contributed by atoms with E-state index in [0.29, 0.717) is 0 Å². The number of nitrogens with two attached hydrogens (primary N) is 1. The highest BCUT2D eigenvalue weighted by Crippen LogP contribution is 2.38. The lowest BCUT2D eigenvalue weighted by Crippen LogP contribution is -2.27. The number of anilines is 1. The Morgan fingerprint density at radius 3 is 2.40 bits per heavy atom. The lowest BCUT2D eigenvalue weighted by Gasteiger charge is -2.22. The standard InChI is InChI=1S/C24H28N4O2/c1-15(14-28(2)3)30-18-8-5-16(6-9-18)22-21-11-7-17-13-19(29-4)10-12-20(17)23(21)27-24(25)26-22/h5-6,8-10,12-13,15H,7,11,14H2,1-4H3,(H2,25,26,27). The molecule has 2 N–H and O–H groups in total. The fourth-order valence-electron chi connectivity index (χ4n) is 4.07. The van der Waals surface area contributed by atoms with Crippen molar-refractivity contribution in [1.82, 2.24) is 14.9 Å². The molecule has 6 nitrogen and oxygen atoms in total. The molecule has 1 aliphatic carbocycles. The highest BCUT2D eigenvalue weighted by atomic mass is 16.5. The maximum Gasteiger partial charge on any atom is 0.221 e. The van der Waals surface area contributed by atoms with Gasteiger partial charge in [0.1, 0.15) is 17.6 Å². The zero-order chi connectivity index (χ0) is 21.3. The van der Waals surface area contributed by atoms with Crippen LogP contribution in [0.2, 0.25) is 0 Å². The third kappa shape index (κ3) is 4.09. The first-order valence-corrected chi connectivity index (χ1v) is 10.2. The van der Waals surface area contributed by atoms with E-state index < -0.39 is 0 Å². The second-order valence-electron chi connectivity index (χ2n) is 8.00. The first-order chi connectivity index (χ1) is 14.4. The Labute approximate surface area is 177 Å². The van der Waals surface area contributed by atoms with Gasteiger partial charge in [-0.25, -0.2) is 9.97 Å². The highest BCUT2D eigenvalue weighted by Gasteiger charge is 2.23. The highest BCUT2D eigenvalue weighted by molar-refractivity contribution is 5.78. The molecular formula is C24H28N4O2. The van der Waals surface area contributed by atoms with E-state index in [2.05, 4.69) is 33.9 Å². The van der Waals surface area contributed by atoms with Crippen molar-refractivity contribution in [2.45, 2.75) is 25.9 Å². The van der Waals surface area contributed by atoms with Gasteiger partial charge in [-0.15, -0.1) is 0 Å². The van der Waals surface area contributed by atoms with Crippen LogP contribution in [0.1, 0.15) is 18.1 Å². The summed E-state index contributed by atoms with van der Waals surface area (Å²) in [5.74, 6) is 1.99. The van der Waals surface area contributed by atoms with Crippen LogP contribution in [-0.2, 0) is 12.8 Å². The molecule has 0 fully saturated rings. The largest absolute Gasteiger partial charge is 0.497 e. The van der Waals surface area contributed by atoms with Crippen LogP contribution in [0, 0.1) is 0 Å². The zero-order valence-electron chi connectivity index (χ0n) is 18.0. The third-order valence-corrected chi connectivity index (χ3v) is 5.32. The van der Waals surface area contributed by atoms with Gasteiger partial charge in [-0.05, 0) is 81.9 Å². The Bertz CT molecular complexity index is 1050. The first-order valence-electron chi connectivity index (χ1n) is 10.2. The average Bonchev–Trinajstić information content (AvgIpc) is 2.72. The molecule has 1 heterocycles. The quantitative estimate of drug-likeness (QED) is 0.673. The molecule has 0 spiro atoms. The lowest BCUT2D eigenvalue weighted by atomic mass is 9.87. The van der Waals surface area contributed by atoms with Crippen molar-refractivity contribution in [2.24, 2.45) is 0 Å². The molecule has 0 aliphatic heterocycles. The van der Waals surface area contributed by atoms with Gasteiger partial charge in [0.05, 0.1) is 18.5 Å². The Balaban J connectivity index is 1.67. The van der Waals surface area contributed by atoms with Crippen molar-refractivity contribution in [3.63, 3.8) is 0 Å². The van der Waals surface area contributed by atoms with Crippen LogP contribution in [0.4, 0.5) is 5.95 Å². The van der Waals surface area contributed by atoms with Crippen molar-refractivity contribution in [1.29, 1.82) is 0 Å². The summed E-state index contributed by atoms with van der Waals surface area (Å²) in [4.78, 5) is 11.3. The van der Waals surface area contributed by atoms with E-state index in [1.165, 1.54) is 5.56 Å². The van der Waals surface area contributed by atoms with Crippen molar-refractivity contribution in [3.05, 3.63) is 53.6 Å². The molecule has 0 bridgehead atoms. The summed E-state index contributed by atoms with van der Waals surface area (Å²) >= 11 is 0. The zero-order valence-corrected chi connectivity index (χ0v) is 18.0. The van der Waals surface area contributed by atoms with Gasteiger partial charge < -0.3 is 20.1 Å². The van der Waals surface area contributed by atoms with Gasteiger partial charge in [0.15, 0.2) is 0 Å². The molecule has 2 aromatic carbocycles. The fraction of sp³-hybridized carbons (Fsp3) is 0.333. The number of likely N-dealkylation sites (N-methyl/N-ethyl adjacent to an activating group) is 1. The molecule has 1 aromatic heterocycles. The third-order valence-electron chi connectivity index (χ3n) is 5.32. The molecule has 4 rings (SSSR count). The summed E-state index contributed by atoms with van der Waals surface area (Å²) in [5.41, 5.74) is 12.4. The SMILES string of the molecule is COc1ccc2c(c1)CCc1c(-c3ccc(OC(C)CN(C)C)cc3)nc(N)nc1-2. The molecular weight excluding hydrogens is 376 g/mol. The minimum atomic E-state index is 0.113. The number of rotatable bonds is 6. The molecule has 1 unspecified atom stereocenters. The van der Waals surface area contributed by atoms with Crippen molar-refractivity contribution >= 4 is 5.95 Å². The normalized spacial score (nSPS) is 13.5. The van der Waals surface area contributed by atoms with Crippen LogP contribution in [0.25, 0.3) is 22.5 Å². The van der Waals surface area contributed by atoms with E-state index in [0.717, 1.165) is 59.0 Å². The van der Waals surface area contributed by atoms with E-state index in [-0.39, 0.29) is 12.1 Å². The van der Waals surface area contributed by atoms with Crippen LogP contribution in [-0.4, -0.2) is 48.7 Å². The summed E-state index contributed by atoms with van der Waals surface area (Å²) in [6, 6.07) is 14.2. The van der Waals surface area contributed by atoms with Gasteiger partial charge in [0.2, 0.25) is 5.95 Å². The van der Waals surface area contributed by atoms with Gasteiger partial charge in [-0.2, -0.15) is 0 Å². The fourth-order valence-corrected chi connectivity index (χ4v) is 4.07. The van der Waals surface area contributed by atoms with E-state index in [9.17, 15) is 0 Å². The van der Waals surface area contributed by atoms with Gasteiger partial charge in [0.25, 0.3) is 0 Å². The molecule has 0 amide bonds. The number of hydrogen-bond donors (Lipinski definition) is 1. The first kappa shape index (κ1) is 20.2. The summed E-state index contributed by atoms with van der Waals surface area (Å²) in [7, 11) is 5.77. The average molecular weight is 405 g/mol. The minimum absolute atomic E-state index is 0.113. The molecule has 1 atom stereocenters. The number of ether oxygens (including phenoxy) is 2. The van der Waals surface area contributed by atoms with Crippen LogP contribution in [0.3, 0.4) is 0 Å². The predicted molar refractivity (Wildman–Crippen MR) is 120 cm³/mol. The smallest absolute Gasteiger partial charge is 0.221 e. The number of benzene rings is 2. The second kappa shape index (κ2) is 8.32. The van der Waals surface area contributed by atoms with Crippen LogP contribution >= 0.6 is 0 Å². The molecule has 3 aromatic rings. The summed E-state index contributed by atoms with van der Waals surface area (Å²) < 4.78 is 11.4. The van der Waals surface area contributed by atoms with Gasteiger partial charge in [-0.3, -0.25) is 0 Å². The molecule has 0 saturated carbocycles. The maximum atomic E-state index is 6.10. The van der Waals surface area contributed by atoms with Crippen molar-refractivity contribution < 1.29 is 9.47 Å². The minimum Gasteiger partial charge on any atom is -0.497 e. The predicted octanol–water partition coefficient (Wildman–Crippen LogP) is 3.83. The number of nitrogen functional groups attached to an aromatic ring is 1. The van der Waals surface area contributed by atoms with E-state index in [1.54, 1.807) is 7.11 Å². The van der Waals surface area contributed by atoms with Gasteiger partial charge in [-0.1, -0.05) is 0 Å². The molecule has 156 valence electrons. The van der Waals surface area contributed by atoms with Gasteiger partial charge >= 0.3 is 0 Å². The Hall–Kier alpha value is -3.12. The molecule has 0 saturated heterocycles. The van der Waals surface area contributed by atoms with E-state index in [4.69, 9.17) is 15.2 Å². The molecule has 6 heteroatoms. The Morgan fingerprint density at radius 2 is 1.70 bits per heavy atom. The number of aryl methyl sites for hydroxylation is 1. The lowest BCUT2D eigenvalue weighted by molar-refractivity contribution is 0.177.